The lowest BCUT2D eigenvalue weighted by Gasteiger charge is -2.29. The Bertz CT molecular complexity index is 414. The van der Waals surface area contributed by atoms with Crippen molar-refractivity contribution in [1.82, 2.24) is 0 Å². The molecule has 0 spiro atoms. The van der Waals surface area contributed by atoms with Crippen LogP contribution in [0.15, 0.2) is 24.3 Å². The molecule has 0 unspecified atom stereocenters. The second-order valence-electron chi connectivity index (χ2n) is 4.64. The van der Waals surface area contributed by atoms with Gasteiger partial charge in [0.2, 0.25) is 0 Å². The molecule has 5 N–H and O–H groups in total. The molecule has 0 atom stereocenters. The molecule has 1 fully saturated rings. The number of anilines is 2. The van der Waals surface area contributed by atoms with Crippen LogP contribution in [-0.2, 0) is 4.74 Å². The molecule has 1 aromatic rings. The zero-order chi connectivity index (χ0) is 13.0. The maximum Gasteiger partial charge on any atom is 0.404 e. The Labute approximate surface area is 106 Å². The van der Waals surface area contributed by atoms with Gasteiger partial charge in [-0.3, -0.25) is 0 Å². The number of para-hydroxylation sites is 2. The smallest absolute Gasteiger partial charge is 0.404 e. The van der Waals surface area contributed by atoms with Crippen LogP contribution < -0.4 is 16.8 Å². The molecule has 1 aliphatic rings. The van der Waals surface area contributed by atoms with Gasteiger partial charge in [0, 0.05) is 6.04 Å². The van der Waals surface area contributed by atoms with E-state index >= 15 is 0 Å². The van der Waals surface area contributed by atoms with Crippen molar-refractivity contribution in [3.05, 3.63) is 24.3 Å². The largest absolute Gasteiger partial charge is 0.446 e. The fraction of sp³-hybridized carbons (Fsp3) is 0.462. The molecular formula is C13H19N3O2. The lowest BCUT2D eigenvalue weighted by atomic mass is 9.92. The molecule has 18 heavy (non-hydrogen) atoms. The van der Waals surface area contributed by atoms with E-state index in [-0.39, 0.29) is 6.10 Å². The Morgan fingerprint density at radius 1 is 1.22 bits per heavy atom. The zero-order valence-electron chi connectivity index (χ0n) is 10.3. The summed E-state index contributed by atoms with van der Waals surface area (Å²) in [5, 5.41) is 3.43. The van der Waals surface area contributed by atoms with Crippen molar-refractivity contribution >= 4 is 17.5 Å². The predicted molar refractivity (Wildman–Crippen MR) is 71.2 cm³/mol. The number of nitrogen functional groups attached to an aromatic ring is 1. The summed E-state index contributed by atoms with van der Waals surface area (Å²) in [5.41, 5.74) is 12.6. The first-order valence-corrected chi connectivity index (χ1v) is 6.22. The maximum atomic E-state index is 10.7. The first kappa shape index (κ1) is 12.5. The third-order valence-corrected chi connectivity index (χ3v) is 3.28. The maximum absolute atomic E-state index is 10.7. The van der Waals surface area contributed by atoms with Crippen molar-refractivity contribution < 1.29 is 9.53 Å². The van der Waals surface area contributed by atoms with Gasteiger partial charge in [-0.05, 0) is 37.8 Å². The summed E-state index contributed by atoms with van der Waals surface area (Å²) in [5.74, 6) is 0. The van der Waals surface area contributed by atoms with Crippen LogP contribution in [0, 0.1) is 0 Å². The van der Waals surface area contributed by atoms with Crippen molar-refractivity contribution in [1.29, 1.82) is 0 Å². The number of hydrogen-bond donors (Lipinski definition) is 3. The molecule has 1 saturated carbocycles. The van der Waals surface area contributed by atoms with Gasteiger partial charge in [-0.1, -0.05) is 12.1 Å². The fourth-order valence-electron chi connectivity index (χ4n) is 2.34. The van der Waals surface area contributed by atoms with E-state index in [1.807, 2.05) is 24.3 Å². The first-order valence-electron chi connectivity index (χ1n) is 6.22. The number of amides is 1. The van der Waals surface area contributed by atoms with Gasteiger partial charge in [0.05, 0.1) is 11.4 Å². The van der Waals surface area contributed by atoms with Gasteiger partial charge in [-0.15, -0.1) is 0 Å². The van der Waals surface area contributed by atoms with E-state index in [2.05, 4.69) is 5.32 Å². The Morgan fingerprint density at radius 2 is 1.89 bits per heavy atom. The molecule has 0 radical (unpaired) electrons. The number of ether oxygens (including phenoxy) is 1. The minimum atomic E-state index is -0.682. The second kappa shape index (κ2) is 5.62. The summed E-state index contributed by atoms with van der Waals surface area (Å²) in [6.45, 7) is 0. The molecule has 1 aromatic carbocycles. The van der Waals surface area contributed by atoms with E-state index in [4.69, 9.17) is 16.2 Å². The van der Waals surface area contributed by atoms with Crippen molar-refractivity contribution in [3.8, 4) is 0 Å². The highest BCUT2D eigenvalue weighted by atomic mass is 16.6. The lowest BCUT2D eigenvalue weighted by molar-refractivity contribution is 0.0806. The normalized spacial score (nSPS) is 23.3. The average Bonchev–Trinajstić information content (AvgIpc) is 2.34. The first-order chi connectivity index (χ1) is 8.65. The average molecular weight is 249 g/mol. The van der Waals surface area contributed by atoms with Gasteiger partial charge in [0.1, 0.15) is 6.10 Å². The minimum absolute atomic E-state index is 0.0336. The van der Waals surface area contributed by atoms with Crippen LogP contribution in [0.5, 0.6) is 0 Å². The molecule has 5 heteroatoms. The van der Waals surface area contributed by atoms with Gasteiger partial charge < -0.3 is 21.5 Å². The van der Waals surface area contributed by atoms with E-state index in [9.17, 15) is 4.79 Å². The molecule has 2 rings (SSSR count). The summed E-state index contributed by atoms with van der Waals surface area (Å²) < 4.78 is 5.00. The number of rotatable bonds is 3. The highest BCUT2D eigenvalue weighted by molar-refractivity contribution is 5.66. The lowest BCUT2D eigenvalue weighted by Crippen LogP contribution is -2.32. The number of hydrogen-bond acceptors (Lipinski definition) is 4. The molecule has 1 aliphatic carbocycles. The molecule has 98 valence electrons. The minimum Gasteiger partial charge on any atom is -0.446 e. The van der Waals surface area contributed by atoms with Gasteiger partial charge in [0.15, 0.2) is 0 Å². The van der Waals surface area contributed by atoms with E-state index in [0.717, 1.165) is 37.1 Å². The van der Waals surface area contributed by atoms with Crippen molar-refractivity contribution in [2.24, 2.45) is 5.73 Å². The summed E-state index contributed by atoms with van der Waals surface area (Å²) in [4.78, 5) is 10.7. The highest BCUT2D eigenvalue weighted by Crippen LogP contribution is 2.26. The van der Waals surface area contributed by atoms with Crippen molar-refractivity contribution in [2.45, 2.75) is 37.8 Å². The quantitative estimate of drug-likeness (QED) is 0.715. The van der Waals surface area contributed by atoms with Crippen molar-refractivity contribution in [2.75, 3.05) is 11.1 Å². The SMILES string of the molecule is NC(=O)OC1CCC(Nc2ccccc2N)CC1. The van der Waals surface area contributed by atoms with E-state index in [1.165, 1.54) is 0 Å². The predicted octanol–water partition coefficient (Wildman–Crippen LogP) is 2.09. The second-order valence-corrected chi connectivity index (χ2v) is 4.64. The molecule has 5 nitrogen and oxygen atoms in total. The summed E-state index contributed by atoms with van der Waals surface area (Å²) in [6.07, 6.45) is 2.87. The van der Waals surface area contributed by atoms with Gasteiger partial charge in [-0.25, -0.2) is 4.79 Å². The van der Waals surface area contributed by atoms with Crippen LogP contribution in [0.3, 0.4) is 0 Å². The van der Waals surface area contributed by atoms with Crippen LogP contribution in [0.4, 0.5) is 16.2 Å². The monoisotopic (exact) mass is 249 g/mol. The number of primary amides is 1. The molecular weight excluding hydrogens is 230 g/mol. The third-order valence-electron chi connectivity index (χ3n) is 3.28. The number of nitrogens with one attached hydrogen (secondary N) is 1. The Balaban J connectivity index is 1.84. The standard InChI is InChI=1S/C13H19N3O2/c14-11-3-1-2-4-12(11)16-9-5-7-10(8-6-9)18-13(15)17/h1-4,9-10,16H,5-8,14H2,(H2,15,17). The Morgan fingerprint density at radius 3 is 2.50 bits per heavy atom. The Kier molecular flexibility index (Phi) is 3.92. The van der Waals surface area contributed by atoms with E-state index < -0.39 is 6.09 Å². The Hall–Kier alpha value is -1.91. The molecule has 0 heterocycles. The molecule has 0 aliphatic heterocycles. The third kappa shape index (κ3) is 3.29. The van der Waals surface area contributed by atoms with Crippen molar-refractivity contribution in [3.63, 3.8) is 0 Å². The van der Waals surface area contributed by atoms with Crippen LogP contribution in [0.25, 0.3) is 0 Å². The fourth-order valence-corrected chi connectivity index (χ4v) is 2.34. The van der Waals surface area contributed by atoms with E-state index in [1.54, 1.807) is 0 Å². The number of carbonyl (C=O) groups is 1. The van der Waals surface area contributed by atoms with Crippen LogP contribution in [-0.4, -0.2) is 18.2 Å². The van der Waals surface area contributed by atoms with Gasteiger partial charge in [-0.2, -0.15) is 0 Å². The number of carbonyl (C=O) groups excluding carboxylic acids is 1. The summed E-state index contributed by atoms with van der Waals surface area (Å²) in [6, 6.07) is 8.10. The molecule has 0 bridgehead atoms. The summed E-state index contributed by atoms with van der Waals surface area (Å²) in [7, 11) is 0. The number of benzene rings is 1. The van der Waals surface area contributed by atoms with E-state index in [0.29, 0.717) is 6.04 Å². The zero-order valence-corrected chi connectivity index (χ0v) is 10.3. The topological polar surface area (TPSA) is 90.4 Å². The molecule has 1 amide bonds. The van der Waals surface area contributed by atoms with Gasteiger partial charge in [0.25, 0.3) is 0 Å². The summed E-state index contributed by atoms with van der Waals surface area (Å²) >= 11 is 0. The van der Waals surface area contributed by atoms with Gasteiger partial charge >= 0.3 is 6.09 Å². The molecule has 0 saturated heterocycles. The van der Waals surface area contributed by atoms with Crippen LogP contribution in [0.2, 0.25) is 0 Å². The number of nitrogens with two attached hydrogens (primary N) is 2. The highest BCUT2D eigenvalue weighted by Gasteiger charge is 2.23. The van der Waals surface area contributed by atoms with Crippen LogP contribution >= 0.6 is 0 Å². The molecule has 0 aromatic heterocycles. The van der Waals surface area contributed by atoms with Crippen LogP contribution in [0.1, 0.15) is 25.7 Å².